The van der Waals surface area contributed by atoms with Crippen molar-refractivity contribution in [1.29, 1.82) is 0 Å². The van der Waals surface area contributed by atoms with Gasteiger partial charge in [0.1, 0.15) is 17.1 Å². The summed E-state index contributed by atoms with van der Waals surface area (Å²) in [5.41, 5.74) is 1.94. The Hall–Kier alpha value is -1.26. The van der Waals surface area contributed by atoms with Crippen LogP contribution in [0, 0.1) is 0 Å². The van der Waals surface area contributed by atoms with Crippen LogP contribution in [0.25, 0.3) is 11.0 Å². The summed E-state index contributed by atoms with van der Waals surface area (Å²) in [6.07, 6.45) is 1.18. The third kappa shape index (κ3) is 1.99. The van der Waals surface area contributed by atoms with Gasteiger partial charge in [-0.2, -0.15) is 0 Å². The molecule has 2 heterocycles. The molecule has 3 rings (SSSR count). The van der Waals surface area contributed by atoms with Gasteiger partial charge in [-0.3, -0.25) is 0 Å². The molecule has 102 valence electrons. The van der Waals surface area contributed by atoms with Crippen LogP contribution in [0.4, 0.5) is 0 Å². The van der Waals surface area contributed by atoms with Gasteiger partial charge in [0.25, 0.3) is 0 Å². The average Bonchev–Trinajstić information content (AvgIpc) is 3.00. The number of hydrogen-bond donors (Lipinski definition) is 0. The largest absolute Gasteiger partial charge is 0.494 e. The van der Waals surface area contributed by atoms with Crippen molar-refractivity contribution in [3.8, 4) is 5.75 Å². The van der Waals surface area contributed by atoms with Gasteiger partial charge in [-0.1, -0.05) is 6.07 Å². The molecule has 0 N–H and O–H groups in total. The number of fused-ring (bicyclic) bond motifs is 1. The second kappa shape index (κ2) is 5.02. The normalized spacial score (nSPS) is 23.1. The predicted octanol–water partition coefficient (Wildman–Crippen LogP) is 3.13. The van der Waals surface area contributed by atoms with Crippen molar-refractivity contribution < 1.29 is 9.47 Å². The van der Waals surface area contributed by atoms with Crippen LogP contribution in [0.3, 0.4) is 0 Å². The molecule has 0 radical (unpaired) electrons. The summed E-state index contributed by atoms with van der Waals surface area (Å²) < 4.78 is 13.3. The molecule has 1 aromatic carbocycles. The average molecular weight is 281 g/mol. The standard InChI is InChI=1S/C14H17ClN2O2/c1-9-10(6-7-19-9)17-11-4-3-5-12(18-2)14(11)16-13(17)8-15/h3-5,9-10H,6-8H2,1-2H3. The number of para-hydroxylation sites is 1. The van der Waals surface area contributed by atoms with Gasteiger partial charge in [-0.15, -0.1) is 11.6 Å². The van der Waals surface area contributed by atoms with Crippen molar-refractivity contribution in [3.63, 3.8) is 0 Å². The van der Waals surface area contributed by atoms with E-state index in [2.05, 4.69) is 22.5 Å². The van der Waals surface area contributed by atoms with E-state index < -0.39 is 0 Å². The molecule has 0 aliphatic carbocycles. The van der Waals surface area contributed by atoms with Crippen LogP contribution in [0.15, 0.2) is 18.2 Å². The zero-order valence-electron chi connectivity index (χ0n) is 11.1. The molecule has 2 unspecified atom stereocenters. The van der Waals surface area contributed by atoms with Crippen LogP contribution in [0.1, 0.15) is 25.2 Å². The van der Waals surface area contributed by atoms with E-state index in [1.807, 2.05) is 12.1 Å². The highest BCUT2D eigenvalue weighted by molar-refractivity contribution is 6.16. The predicted molar refractivity (Wildman–Crippen MR) is 74.9 cm³/mol. The number of alkyl halides is 1. The van der Waals surface area contributed by atoms with E-state index in [9.17, 15) is 0 Å². The number of nitrogens with zero attached hydrogens (tertiary/aromatic N) is 2. The summed E-state index contributed by atoms with van der Waals surface area (Å²) >= 11 is 6.06. The maximum atomic E-state index is 6.06. The highest BCUT2D eigenvalue weighted by Crippen LogP contribution is 2.34. The molecule has 2 atom stereocenters. The molecule has 0 bridgehead atoms. The van der Waals surface area contributed by atoms with Crippen LogP contribution < -0.4 is 4.74 Å². The van der Waals surface area contributed by atoms with Gasteiger partial charge in [-0.05, 0) is 25.5 Å². The SMILES string of the molecule is COc1cccc2c1nc(CCl)n2C1CCOC1C. The number of rotatable bonds is 3. The summed E-state index contributed by atoms with van der Waals surface area (Å²) in [5.74, 6) is 2.05. The maximum absolute atomic E-state index is 6.06. The Labute approximate surface area is 117 Å². The quantitative estimate of drug-likeness (QED) is 0.811. The van der Waals surface area contributed by atoms with Gasteiger partial charge in [0.05, 0.1) is 30.7 Å². The third-order valence-corrected chi connectivity index (χ3v) is 4.00. The number of imidazole rings is 1. The summed E-state index contributed by atoms with van der Waals surface area (Å²) in [4.78, 5) is 4.63. The van der Waals surface area contributed by atoms with Crippen molar-refractivity contribution in [2.75, 3.05) is 13.7 Å². The van der Waals surface area contributed by atoms with Crippen LogP contribution in [0.2, 0.25) is 0 Å². The lowest BCUT2D eigenvalue weighted by Gasteiger charge is -2.19. The first-order chi connectivity index (χ1) is 9.26. The van der Waals surface area contributed by atoms with Crippen LogP contribution in [-0.2, 0) is 10.6 Å². The molecule has 1 aliphatic heterocycles. The van der Waals surface area contributed by atoms with Crippen molar-refractivity contribution >= 4 is 22.6 Å². The molecule has 2 aromatic rings. The number of ether oxygens (including phenoxy) is 2. The lowest BCUT2D eigenvalue weighted by molar-refractivity contribution is 0.108. The highest BCUT2D eigenvalue weighted by atomic mass is 35.5. The third-order valence-electron chi connectivity index (χ3n) is 3.76. The molecule has 0 amide bonds. The Morgan fingerprint density at radius 3 is 3.00 bits per heavy atom. The number of methoxy groups -OCH3 is 1. The molecule has 1 saturated heterocycles. The number of aromatic nitrogens is 2. The van der Waals surface area contributed by atoms with Crippen LogP contribution in [-0.4, -0.2) is 29.4 Å². The van der Waals surface area contributed by atoms with E-state index in [1.54, 1.807) is 7.11 Å². The fourth-order valence-electron chi connectivity index (χ4n) is 2.83. The van der Waals surface area contributed by atoms with Crippen molar-refractivity contribution in [2.24, 2.45) is 0 Å². The Morgan fingerprint density at radius 2 is 2.37 bits per heavy atom. The number of hydrogen-bond acceptors (Lipinski definition) is 3. The minimum Gasteiger partial charge on any atom is -0.494 e. The van der Waals surface area contributed by atoms with Crippen LogP contribution in [0.5, 0.6) is 5.75 Å². The zero-order chi connectivity index (χ0) is 13.4. The fourth-order valence-corrected chi connectivity index (χ4v) is 3.02. The lowest BCUT2D eigenvalue weighted by Crippen LogP contribution is -2.18. The van der Waals surface area contributed by atoms with Gasteiger partial charge in [-0.25, -0.2) is 4.98 Å². The smallest absolute Gasteiger partial charge is 0.146 e. The van der Waals surface area contributed by atoms with E-state index >= 15 is 0 Å². The van der Waals surface area contributed by atoms with Crippen molar-refractivity contribution in [2.45, 2.75) is 31.4 Å². The summed E-state index contributed by atoms with van der Waals surface area (Å²) in [6.45, 7) is 2.89. The van der Waals surface area contributed by atoms with Gasteiger partial charge in [0.15, 0.2) is 0 Å². The number of benzene rings is 1. The van der Waals surface area contributed by atoms with Crippen molar-refractivity contribution in [1.82, 2.24) is 9.55 Å². The van der Waals surface area contributed by atoms with E-state index in [0.29, 0.717) is 11.9 Å². The minimum atomic E-state index is 0.186. The Bertz CT molecular complexity index is 596. The first-order valence-corrected chi connectivity index (χ1v) is 7.01. The lowest BCUT2D eigenvalue weighted by atomic mass is 10.1. The fraction of sp³-hybridized carbons (Fsp3) is 0.500. The molecule has 0 saturated carbocycles. The highest BCUT2D eigenvalue weighted by Gasteiger charge is 2.29. The van der Waals surface area contributed by atoms with Gasteiger partial charge in [0, 0.05) is 6.61 Å². The van der Waals surface area contributed by atoms with Gasteiger partial charge in [0.2, 0.25) is 0 Å². The summed E-state index contributed by atoms with van der Waals surface area (Å²) in [7, 11) is 1.66. The first kappa shape index (κ1) is 12.8. The minimum absolute atomic E-state index is 0.186. The molecule has 1 aromatic heterocycles. The maximum Gasteiger partial charge on any atom is 0.146 e. The molecular formula is C14H17ClN2O2. The topological polar surface area (TPSA) is 36.3 Å². The zero-order valence-corrected chi connectivity index (χ0v) is 11.9. The second-order valence-corrected chi connectivity index (χ2v) is 5.06. The Kier molecular flexibility index (Phi) is 3.37. The van der Waals surface area contributed by atoms with Gasteiger partial charge < -0.3 is 14.0 Å². The summed E-state index contributed by atoms with van der Waals surface area (Å²) in [6, 6.07) is 6.27. The molecular weight excluding hydrogens is 264 g/mol. The van der Waals surface area contributed by atoms with E-state index in [-0.39, 0.29) is 6.10 Å². The molecule has 1 aliphatic rings. The molecule has 4 nitrogen and oxygen atoms in total. The molecule has 1 fully saturated rings. The van der Waals surface area contributed by atoms with Crippen molar-refractivity contribution in [3.05, 3.63) is 24.0 Å². The van der Waals surface area contributed by atoms with E-state index in [0.717, 1.165) is 35.6 Å². The molecule has 5 heteroatoms. The summed E-state index contributed by atoms with van der Waals surface area (Å²) in [5, 5.41) is 0. The first-order valence-electron chi connectivity index (χ1n) is 6.47. The molecule has 0 spiro atoms. The van der Waals surface area contributed by atoms with E-state index in [4.69, 9.17) is 21.1 Å². The van der Waals surface area contributed by atoms with E-state index in [1.165, 1.54) is 0 Å². The van der Waals surface area contributed by atoms with Gasteiger partial charge >= 0.3 is 0 Å². The monoisotopic (exact) mass is 280 g/mol. The molecule has 19 heavy (non-hydrogen) atoms. The van der Waals surface area contributed by atoms with Crippen LogP contribution >= 0.6 is 11.6 Å². The Balaban J connectivity index is 2.21. The second-order valence-electron chi connectivity index (χ2n) is 4.79. The Morgan fingerprint density at radius 1 is 1.53 bits per heavy atom. The number of halogens is 1.